The number of carboxylic acid groups (broad SMARTS) is 1. The van der Waals surface area contributed by atoms with Crippen molar-refractivity contribution in [1.29, 1.82) is 0 Å². The van der Waals surface area contributed by atoms with E-state index in [0.717, 1.165) is 31.4 Å². The number of thioether (sulfide) groups is 1. The maximum atomic E-state index is 11.2. The number of hydrogen-bond acceptors (Lipinski definition) is 3. The van der Waals surface area contributed by atoms with Gasteiger partial charge in [-0.05, 0) is 25.5 Å². The van der Waals surface area contributed by atoms with Gasteiger partial charge in [-0.3, -0.25) is 4.79 Å². The van der Waals surface area contributed by atoms with E-state index in [1.54, 1.807) is 0 Å². The first kappa shape index (κ1) is 12.1. The van der Waals surface area contributed by atoms with Crippen LogP contribution in [0.4, 0.5) is 0 Å². The number of amides is 1. The smallest absolute Gasteiger partial charge is 0.328 e. The minimum atomic E-state index is -1.10. The molecule has 0 aromatic rings. The molecule has 0 saturated heterocycles. The van der Waals surface area contributed by atoms with Crippen LogP contribution in [0.5, 0.6) is 0 Å². The van der Waals surface area contributed by atoms with Gasteiger partial charge in [0.2, 0.25) is 5.91 Å². The number of rotatable bonds is 4. The Bertz CT molecular complexity index is 278. The first-order valence-electron chi connectivity index (χ1n) is 4.86. The standard InChI is InChI=1S/C10H15NO3S/c1-15-8-3-2-7(6-8)11-9(12)4-5-10(13)14/h4-5,7-8H,2-3,6H2,1H3,(H,11,12)(H,13,14)/b5-4+. The number of carbonyl (C=O) groups is 2. The summed E-state index contributed by atoms with van der Waals surface area (Å²) in [6, 6.07) is 0.202. The molecule has 1 rings (SSSR count). The molecule has 1 fully saturated rings. The van der Waals surface area contributed by atoms with Gasteiger partial charge in [-0.2, -0.15) is 11.8 Å². The number of carbonyl (C=O) groups excluding carboxylic acids is 1. The molecule has 84 valence electrons. The molecule has 0 aromatic heterocycles. The van der Waals surface area contributed by atoms with Crippen LogP contribution in [-0.4, -0.2) is 34.5 Å². The Morgan fingerprint density at radius 1 is 1.40 bits per heavy atom. The van der Waals surface area contributed by atoms with E-state index < -0.39 is 5.97 Å². The summed E-state index contributed by atoms with van der Waals surface area (Å²) < 4.78 is 0. The van der Waals surface area contributed by atoms with Crippen molar-refractivity contribution in [3.05, 3.63) is 12.2 Å². The van der Waals surface area contributed by atoms with E-state index in [1.165, 1.54) is 0 Å². The van der Waals surface area contributed by atoms with Gasteiger partial charge in [0.25, 0.3) is 0 Å². The average Bonchev–Trinajstić information content (AvgIpc) is 2.62. The number of hydrogen-bond donors (Lipinski definition) is 2. The maximum Gasteiger partial charge on any atom is 0.328 e. The van der Waals surface area contributed by atoms with Crippen molar-refractivity contribution < 1.29 is 14.7 Å². The minimum Gasteiger partial charge on any atom is -0.478 e. The fraction of sp³-hybridized carbons (Fsp3) is 0.600. The van der Waals surface area contributed by atoms with Gasteiger partial charge in [0.05, 0.1) is 0 Å². The monoisotopic (exact) mass is 229 g/mol. The summed E-state index contributed by atoms with van der Waals surface area (Å²) in [6.45, 7) is 0. The van der Waals surface area contributed by atoms with Crippen molar-refractivity contribution >= 4 is 23.6 Å². The molecule has 1 saturated carbocycles. The van der Waals surface area contributed by atoms with E-state index >= 15 is 0 Å². The van der Waals surface area contributed by atoms with Crippen LogP contribution in [0.3, 0.4) is 0 Å². The Balaban J connectivity index is 2.30. The summed E-state index contributed by atoms with van der Waals surface area (Å²) in [5.74, 6) is -1.41. The van der Waals surface area contributed by atoms with Crippen LogP contribution < -0.4 is 5.32 Å². The van der Waals surface area contributed by atoms with Gasteiger partial charge in [-0.1, -0.05) is 0 Å². The molecule has 4 nitrogen and oxygen atoms in total. The van der Waals surface area contributed by atoms with Crippen LogP contribution in [0.1, 0.15) is 19.3 Å². The van der Waals surface area contributed by atoms with E-state index in [-0.39, 0.29) is 11.9 Å². The highest BCUT2D eigenvalue weighted by atomic mass is 32.2. The molecule has 15 heavy (non-hydrogen) atoms. The Hall–Kier alpha value is -0.970. The fourth-order valence-corrected chi connectivity index (χ4v) is 2.48. The zero-order chi connectivity index (χ0) is 11.3. The van der Waals surface area contributed by atoms with Gasteiger partial charge in [0, 0.05) is 23.4 Å². The average molecular weight is 229 g/mol. The van der Waals surface area contributed by atoms with Crippen molar-refractivity contribution in [2.24, 2.45) is 0 Å². The van der Waals surface area contributed by atoms with Crippen LogP contribution in [-0.2, 0) is 9.59 Å². The summed E-state index contributed by atoms with van der Waals surface area (Å²) in [7, 11) is 0. The van der Waals surface area contributed by atoms with E-state index in [9.17, 15) is 9.59 Å². The van der Waals surface area contributed by atoms with Gasteiger partial charge in [0.15, 0.2) is 0 Å². The molecule has 5 heteroatoms. The molecule has 0 aromatic carbocycles. The molecule has 0 bridgehead atoms. The summed E-state index contributed by atoms with van der Waals surface area (Å²) in [6.07, 6.45) is 7.07. The normalized spacial score (nSPS) is 25.7. The second-order valence-electron chi connectivity index (χ2n) is 3.55. The van der Waals surface area contributed by atoms with Crippen molar-refractivity contribution in [2.75, 3.05) is 6.26 Å². The molecule has 2 atom stereocenters. The van der Waals surface area contributed by atoms with Crippen molar-refractivity contribution in [3.63, 3.8) is 0 Å². The van der Waals surface area contributed by atoms with Crippen LogP contribution in [0.25, 0.3) is 0 Å². The quantitative estimate of drug-likeness (QED) is 0.707. The zero-order valence-corrected chi connectivity index (χ0v) is 9.42. The van der Waals surface area contributed by atoms with Crippen molar-refractivity contribution in [3.8, 4) is 0 Å². The summed E-state index contributed by atoms with van der Waals surface area (Å²) in [5, 5.41) is 11.8. The molecule has 0 aliphatic heterocycles. The lowest BCUT2D eigenvalue weighted by atomic mass is 10.2. The molecule has 1 aliphatic rings. The Kier molecular flexibility index (Phi) is 4.68. The van der Waals surface area contributed by atoms with Gasteiger partial charge in [-0.15, -0.1) is 0 Å². The predicted molar refractivity (Wildman–Crippen MR) is 59.9 cm³/mol. The molecular formula is C10H15NO3S. The Morgan fingerprint density at radius 2 is 2.13 bits per heavy atom. The summed E-state index contributed by atoms with van der Waals surface area (Å²) >= 11 is 1.82. The van der Waals surface area contributed by atoms with Crippen LogP contribution in [0.2, 0.25) is 0 Å². The summed E-state index contributed by atoms with van der Waals surface area (Å²) in [5.41, 5.74) is 0. The van der Waals surface area contributed by atoms with E-state index in [2.05, 4.69) is 11.6 Å². The Labute approximate surface area is 93.1 Å². The lowest BCUT2D eigenvalue weighted by Crippen LogP contribution is -2.31. The van der Waals surface area contributed by atoms with E-state index in [4.69, 9.17) is 5.11 Å². The highest BCUT2D eigenvalue weighted by Crippen LogP contribution is 2.27. The van der Waals surface area contributed by atoms with Gasteiger partial charge in [-0.25, -0.2) is 4.79 Å². The van der Waals surface area contributed by atoms with E-state index in [1.807, 2.05) is 11.8 Å². The molecule has 0 radical (unpaired) electrons. The largest absolute Gasteiger partial charge is 0.478 e. The van der Waals surface area contributed by atoms with Crippen molar-refractivity contribution in [1.82, 2.24) is 5.32 Å². The van der Waals surface area contributed by atoms with Crippen LogP contribution >= 0.6 is 11.8 Å². The van der Waals surface area contributed by atoms with Gasteiger partial charge in [0.1, 0.15) is 0 Å². The second kappa shape index (κ2) is 5.80. The molecule has 0 heterocycles. The number of aliphatic carboxylic acids is 1. The molecule has 0 spiro atoms. The zero-order valence-electron chi connectivity index (χ0n) is 8.60. The highest BCUT2D eigenvalue weighted by molar-refractivity contribution is 7.99. The molecule has 2 unspecified atom stereocenters. The fourth-order valence-electron chi connectivity index (χ4n) is 1.68. The second-order valence-corrected chi connectivity index (χ2v) is 4.69. The maximum absolute atomic E-state index is 11.2. The third-order valence-electron chi connectivity index (χ3n) is 2.44. The summed E-state index contributed by atoms with van der Waals surface area (Å²) in [4.78, 5) is 21.4. The topological polar surface area (TPSA) is 66.4 Å². The molecule has 1 amide bonds. The first-order valence-corrected chi connectivity index (χ1v) is 6.15. The SMILES string of the molecule is CSC1CCC(NC(=O)/C=C/C(=O)O)C1. The van der Waals surface area contributed by atoms with Crippen molar-refractivity contribution in [2.45, 2.75) is 30.6 Å². The third kappa shape index (κ3) is 4.38. The molecular weight excluding hydrogens is 214 g/mol. The lowest BCUT2D eigenvalue weighted by Gasteiger charge is -2.10. The van der Waals surface area contributed by atoms with E-state index in [0.29, 0.717) is 5.25 Å². The highest BCUT2D eigenvalue weighted by Gasteiger charge is 2.24. The van der Waals surface area contributed by atoms with Gasteiger partial charge < -0.3 is 10.4 Å². The predicted octanol–water partition coefficient (Wildman–Crippen LogP) is 1.03. The minimum absolute atomic E-state index is 0.202. The Morgan fingerprint density at radius 3 is 2.67 bits per heavy atom. The van der Waals surface area contributed by atoms with Crippen LogP contribution in [0, 0.1) is 0 Å². The number of nitrogens with one attached hydrogen (secondary N) is 1. The molecule has 2 N–H and O–H groups in total. The first-order chi connectivity index (χ1) is 7.11. The van der Waals surface area contributed by atoms with Crippen LogP contribution in [0.15, 0.2) is 12.2 Å². The lowest BCUT2D eigenvalue weighted by molar-refractivity contribution is -0.131. The number of carboxylic acids is 1. The third-order valence-corrected chi connectivity index (χ3v) is 3.54. The molecule has 1 aliphatic carbocycles. The van der Waals surface area contributed by atoms with Gasteiger partial charge >= 0.3 is 5.97 Å².